The normalized spacial score (nSPS) is 26.6. The molecule has 2 fully saturated rings. The van der Waals surface area contributed by atoms with E-state index in [1.165, 1.54) is 25.7 Å². The van der Waals surface area contributed by atoms with Crippen molar-refractivity contribution in [2.45, 2.75) is 51.1 Å². The number of nitrogens with one attached hydrogen (secondary N) is 2. The van der Waals surface area contributed by atoms with Gasteiger partial charge in [0.05, 0.1) is 18.3 Å². The first-order chi connectivity index (χ1) is 11.1. The number of hydrogen-bond donors (Lipinski definition) is 2. The summed E-state index contributed by atoms with van der Waals surface area (Å²) >= 11 is 0. The van der Waals surface area contributed by atoms with E-state index in [9.17, 15) is 9.59 Å². The molecular formula is C17H25N3O3. The number of carbonyl (C=O) groups is 2. The third-order valence-corrected chi connectivity index (χ3v) is 4.94. The largest absolute Gasteiger partial charge is 0.461 e. The number of hydrogen-bond acceptors (Lipinski definition) is 4. The minimum Gasteiger partial charge on any atom is -0.461 e. The average Bonchev–Trinajstić information content (AvgIpc) is 3.11. The van der Waals surface area contributed by atoms with Gasteiger partial charge in [0.2, 0.25) is 5.91 Å². The minimum atomic E-state index is -0.375. The molecule has 3 rings (SSSR count). The Morgan fingerprint density at radius 1 is 1.39 bits per heavy atom. The highest BCUT2D eigenvalue weighted by Gasteiger charge is 2.38. The third-order valence-electron chi connectivity index (χ3n) is 4.94. The van der Waals surface area contributed by atoms with E-state index in [0.717, 1.165) is 6.42 Å². The molecule has 2 heterocycles. The zero-order valence-electron chi connectivity index (χ0n) is 13.8. The predicted molar refractivity (Wildman–Crippen MR) is 87.3 cm³/mol. The molecule has 1 aliphatic carbocycles. The Labute approximate surface area is 136 Å². The van der Waals surface area contributed by atoms with Crippen LogP contribution in [0, 0.1) is 5.92 Å². The Morgan fingerprint density at radius 3 is 2.91 bits per heavy atom. The Hall–Kier alpha value is -1.82. The molecule has 126 valence electrons. The van der Waals surface area contributed by atoms with Crippen molar-refractivity contribution in [2.24, 2.45) is 13.0 Å². The maximum Gasteiger partial charge on any atom is 0.355 e. The summed E-state index contributed by atoms with van der Waals surface area (Å²) in [5, 5.41) is 6.39. The summed E-state index contributed by atoms with van der Waals surface area (Å²) in [5.41, 5.74) is 1.08. The first kappa shape index (κ1) is 16.1. The Kier molecular flexibility index (Phi) is 4.71. The van der Waals surface area contributed by atoms with E-state index in [-0.39, 0.29) is 17.9 Å². The van der Waals surface area contributed by atoms with Crippen molar-refractivity contribution < 1.29 is 14.3 Å². The zero-order valence-corrected chi connectivity index (χ0v) is 13.8. The van der Waals surface area contributed by atoms with Gasteiger partial charge in [-0.05, 0) is 38.2 Å². The van der Waals surface area contributed by atoms with Gasteiger partial charge >= 0.3 is 5.97 Å². The van der Waals surface area contributed by atoms with Crippen molar-refractivity contribution in [3.8, 4) is 0 Å². The molecule has 23 heavy (non-hydrogen) atoms. The SMILES string of the molecule is CCOC(=O)c1cc(NC(=O)C2CC3CCCCC3N2)cn1C. The van der Waals surface area contributed by atoms with Gasteiger partial charge in [-0.3, -0.25) is 4.79 Å². The Balaban J connectivity index is 1.62. The lowest BCUT2D eigenvalue weighted by Gasteiger charge is -2.24. The number of carbonyl (C=O) groups excluding carboxylic acids is 2. The van der Waals surface area contributed by atoms with Gasteiger partial charge < -0.3 is 19.9 Å². The van der Waals surface area contributed by atoms with E-state index in [4.69, 9.17) is 4.74 Å². The number of fused-ring (bicyclic) bond motifs is 1. The first-order valence-corrected chi connectivity index (χ1v) is 8.49. The summed E-state index contributed by atoms with van der Waals surface area (Å²) in [4.78, 5) is 24.3. The van der Waals surface area contributed by atoms with E-state index in [1.807, 2.05) is 0 Å². The van der Waals surface area contributed by atoms with Gasteiger partial charge in [-0.1, -0.05) is 12.8 Å². The lowest BCUT2D eigenvalue weighted by molar-refractivity contribution is -0.117. The molecule has 0 radical (unpaired) electrons. The molecule has 1 aliphatic heterocycles. The minimum absolute atomic E-state index is 0.0135. The van der Waals surface area contributed by atoms with Crippen LogP contribution in [0.25, 0.3) is 0 Å². The van der Waals surface area contributed by atoms with Crippen LogP contribution in [-0.4, -0.2) is 35.1 Å². The summed E-state index contributed by atoms with van der Waals surface area (Å²) in [6, 6.07) is 2.03. The van der Waals surface area contributed by atoms with E-state index < -0.39 is 0 Å². The van der Waals surface area contributed by atoms with Gasteiger partial charge in [0, 0.05) is 19.3 Å². The smallest absolute Gasteiger partial charge is 0.355 e. The van der Waals surface area contributed by atoms with Crippen LogP contribution in [-0.2, 0) is 16.6 Å². The molecular weight excluding hydrogens is 294 g/mol. The summed E-state index contributed by atoms with van der Waals surface area (Å²) in [7, 11) is 1.77. The maximum absolute atomic E-state index is 12.5. The molecule has 0 bridgehead atoms. The third kappa shape index (κ3) is 3.42. The fraction of sp³-hybridized carbons (Fsp3) is 0.647. The maximum atomic E-state index is 12.5. The van der Waals surface area contributed by atoms with Crippen LogP contribution in [0.5, 0.6) is 0 Å². The van der Waals surface area contributed by atoms with Crippen LogP contribution in [0.1, 0.15) is 49.5 Å². The second-order valence-electron chi connectivity index (χ2n) is 6.54. The fourth-order valence-corrected chi connectivity index (χ4v) is 3.79. The molecule has 2 aliphatic rings. The topological polar surface area (TPSA) is 72.4 Å². The number of aryl methyl sites for hydroxylation is 1. The van der Waals surface area contributed by atoms with Crippen molar-refractivity contribution in [3.63, 3.8) is 0 Å². The van der Waals surface area contributed by atoms with Crippen LogP contribution in [0.3, 0.4) is 0 Å². The molecule has 1 aromatic rings. The van der Waals surface area contributed by atoms with E-state index in [2.05, 4.69) is 10.6 Å². The molecule has 2 N–H and O–H groups in total. The second kappa shape index (κ2) is 6.74. The van der Waals surface area contributed by atoms with Crippen LogP contribution >= 0.6 is 0 Å². The van der Waals surface area contributed by atoms with E-state index >= 15 is 0 Å². The van der Waals surface area contributed by atoms with Crippen molar-refractivity contribution in [2.75, 3.05) is 11.9 Å². The van der Waals surface area contributed by atoms with Crippen LogP contribution in [0.4, 0.5) is 5.69 Å². The monoisotopic (exact) mass is 319 g/mol. The molecule has 0 spiro atoms. The first-order valence-electron chi connectivity index (χ1n) is 8.49. The molecule has 1 aromatic heterocycles. The fourth-order valence-electron chi connectivity index (χ4n) is 3.79. The molecule has 1 saturated heterocycles. The van der Waals surface area contributed by atoms with Crippen molar-refractivity contribution in [3.05, 3.63) is 18.0 Å². The van der Waals surface area contributed by atoms with Crippen LogP contribution in [0.15, 0.2) is 12.3 Å². The summed E-state index contributed by atoms with van der Waals surface area (Å²) in [6.45, 7) is 2.11. The van der Waals surface area contributed by atoms with Gasteiger partial charge in [-0.15, -0.1) is 0 Å². The van der Waals surface area contributed by atoms with Crippen molar-refractivity contribution in [1.29, 1.82) is 0 Å². The summed E-state index contributed by atoms with van der Waals surface area (Å²) in [5.74, 6) is 0.242. The number of aromatic nitrogens is 1. The van der Waals surface area contributed by atoms with Gasteiger partial charge in [0.1, 0.15) is 5.69 Å². The van der Waals surface area contributed by atoms with Gasteiger partial charge in [-0.25, -0.2) is 4.79 Å². The lowest BCUT2D eigenvalue weighted by Crippen LogP contribution is -2.39. The highest BCUT2D eigenvalue weighted by Crippen LogP contribution is 2.33. The van der Waals surface area contributed by atoms with Gasteiger partial charge in [-0.2, -0.15) is 0 Å². The zero-order chi connectivity index (χ0) is 16.4. The van der Waals surface area contributed by atoms with E-state index in [1.54, 1.807) is 30.8 Å². The Bertz CT molecular complexity index is 582. The second-order valence-corrected chi connectivity index (χ2v) is 6.54. The Morgan fingerprint density at radius 2 is 2.17 bits per heavy atom. The molecule has 1 amide bonds. The summed E-state index contributed by atoms with van der Waals surface area (Å²) in [6.07, 6.45) is 7.58. The summed E-state index contributed by atoms with van der Waals surface area (Å²) < 4.78 is 6.68. The molecule has 3 atom stereocenters. The molecule has 6 heteroatoms. The molecule has 0 aromatic carbocycles. The quantitative estimate of drug-likeness (QED) is 0.833. The number of nitrogens with zero attached hydrogens (tertiary/aromatic N) is 1. The van der Waals surface area contributed by atoms with Gasteiger partial charge in [0.25, 0.3) is 0 Å². The predicted octanol–water partition coefficient (Wildman–Crippen LogP) is 2.06. The highest BCUT2D eigenvalue weighted by molar-refractivity contribution is 5.97. The van der Waals surface area contributed by atoms with Crippen LogP contribution < -0.4 is 10.6 Å². The van der Waals surface area contributed by atoms with E-state index in [0.29, 0.717) is 29.9 Å². The van der Waals surface area contributed by atoms with Crippen LogP contribution in [0.2, 0.25) is 0 Å². The molecule has 1 saturated carbocycles. The average molecular weight is 319 g/mol. The van der Waals surface area contributed by atoms with Crippen molar-refractivity contribution in [1.82, 2.24) is 9.88 Å². The lowest BCUT2D eigenvalue weighted by atomic mass is 9.85. The number of ether oxygens (including phenoxy) is 1. The standard InChI is InChI=1S/C17H25N3O3/c1-3-23-17(22)15-9-12(10-20(15)2)18-16(21)14-8-11-6-4-5-7-13(11)19-14/h9-11,13-14,19H,3-8H2,1-2H3,(H,18,21). The molecule has 3 unspecified atom stereocenters. The number of esters is 1. The van der Waals surface area contributed by atoms with Crippen molar-refractivity contribution >= 4 is 17.6 Å². The van der Waals surface area contributed by atoms with Gasteiger partial charge in [0.15, 0.2) is 0 Å². The number of rotatable bonds is 4. The number of anilines is 1. The highest BCUT2D eigenvalue weighted by atomic mass is 16.5. The number of amides is 1. The molecule has 6 nitrogen and oxygen atoms in total.